The molecule has 16 heavy (non-hydrogen) atoms. The summed E-state index contributed by atoms with van der Waals surface area (Å²) >= 11 is 1.67. The maximum Gasteiger partial charge on any atom is 0.234 e. The molecule has 0 aromatic carbocycles. The molecule has 0 radical (unpaired) electrons. The average molecular weight is 240 g/mol. The smallest absolute Gasteiger partial charge is 0.234 e. The number of nitrogens with one attached hydrogen (secondary N) is 2. The van der Waals surface area contributed by atoms with E-state index >= 15 is 0 Å². The molecule has 90 valence electrons. The van der Waals surface area contributed by atoms with Gasteiger partial charge in [0.2, 0.25) is 5.91 Å². The van der Waals surface area contributed by atoms with E-state index in [1.54, 1.807) is 11.3 Å². The van der Waals surface area contributed by atoms with Crippen LogP contribution in [0.4, 0.5) is 0 Å². The lowest BCUT2D eigenvalue weighted by molar-refractivity contribution is -0.121. The third-order valence-corrected chi connectivity index (χ3v) is 3.63. The summed E-state index contributed by atoms with van der Waals surface area (Å²) in [4.78, 5) is 12.8. The van der Waals surface area contributed by atoms with Crippen LogP contribution in [0.25, 0.3) is 0 Å². The van der Waals surface area contributed by atoms with Gasteiger partial charge in [-0.05, 0) is 31.7 Å². The molecule has 3 nitrogen and oxygen atoms in total. The van der Waals surface area contributed by atoms with E-state index in [4.69, 9.17) is 0 Å². The topological polar surface area (TPSA) is 41.1 Å². The maximum atomic E-state index is 11.6. The molecular formula is C12H20N2OS. The minimum Gasteiger partial charge on any atom is -0.348 e. The van der Waals surface area contributed by atoms with Crippen molar-refractivity contribution in [3.05, 3.63) is 22.4 Å². The summed E-state index contributed by atoms with van der Waals surface area (Å²) in [6.07, 6.45) is 1.04. The molecule has 1 unspecified atom stereocenters. The standard InChI is InChI=1S/C12H20N2OS/c1-4-9(2)13-8-12(15)14-10(3)11-6-5-7-16-11/h5-7,9-10,13H,4,8H2,1-3H3,(H,14,15)/t9?,10-/m1/s1. The minimum absolute atomic E-state index is 0.0567. The highest BCUT2D eigenvalue weighted by Gasteiger charge is 2.10. The fourth-order valence-electron chi connectivity index (χ4n) is 1.31. The Kier molecular flexibility index (Phi) is 5.49. The molecule has 4 heteroatoms. The lowest BCUT2D eigenvalue weighted by atomic mass is 10.2. The van der Waals surface area contributed by atoms with Crippen molar-refractivity contribution < 1.29 is 4.79 Å². The first-order valence-electron chi connectivity index (χ1n) is 5.69. The molecule has 0 aliphatic carbocycles. The first kappa shape index (κ1) is 13.2. The van der Waals surface area contributed by atoms with Crippen LogP contribution in [-0.4, -0.2) is 18.5 Å². The lowest BCUT2D eigenvalue weighted by Crippen LogP contribution is -2.38. The molecule has 1 amide bonds. The molecule has 0 bridgehead atoms. The molecule has 0 spiro atoms. The van der Waals surface area contributed by atoms with Gasteiger partial charge in [0.1, 0.15) is 0 Å². The van der Waals surface area contributed by atoms with Crippen molar-refractivity contribution in [2.24, 2.45) is 0 Å². The van der Waals surface area contributed by atoms with Gasteiger partial charge in [-0.3, -0.25) is 4.79 Å². The Labute approximate surface area is 101 Å². The number of hydrogen-bond acceptors (Lipinski definition) is 3. The summed E-state index contributed by atoms with van der Waals surface area (Å²) in [5, 5.41) is 8.17. The molecule has 0 saturated heterocycles. The van der Waals surface area contributed by atoms with E-state index in [0.29, 0.717) is 12.6 Å². The van der Waals surface area contributed by atoms with E-state index in [9.17, 15) is 4.79 Å². The largest absolute Gasteiger partial charge is 0.348 e. The van der Waals surface area contributed by atoms with Crippen LogP contribution in [0, 0.1) is 0 Å². The molecule has 0 saturated carbocycles. The molecule has 1 aromatic heterocycles. The fraction of sp³-hybridized carbons (Fsp3) is 0.583. The summed E-state index contributed by atoms with van der Waals surface area (Å²) in [5.74, 6) is 0.0567. The van der Waals surface area contributed by atoms with Gasteiger partial charge in [-0.25, -0.2) is 0 Å². The van der Waals surface area contributed by atoms with Crippen LogP contribution in [0.15, 0.2) is 17.5 Å². The van der Waals surface area contributed by atoms with Gasteiger partial charge in [0.25, 0.3) is 0 Å². The van der Waals surface area contributed by atoms with Gasteiger partial charge in [-0.15, -0.1) is 11.3 Å². The Morgan fingerprint density at radius 3 is 2.81 bits per heavy atom. The Bertz CT molecular complexity index is 311. The van der Waals surface area contributed by atoms with Gasteiger partial charge in [-0.1, -0.05) is 13.0 Å². The zero-order valence-electron chi connectivity index (χ0n) is 10.1. The minimum atomic E-state index is 0.0567. The monoisotopic (exact) mass is 240 g/mol. The number of carbonyl (C=O) groups excluding carboxylic acids is 1. The summed E-state index contributed by atoms with van der Waals surface area (Å²) in [5.41, 5.74) is 0. The summed E-state index contributed by atoms with van der Waals surface area (Å²) in [6, 6.07) is 4.53. The van der Waals surface area contributed by atoms with Crippen LogP contribution in [0.1, 0.15) is 38.1 Å². The van der Waals surface area contributed by atoms with Crippen molar-refractivity contribution in [1.82, 2.24) is 10.6 Å². The van der Waals surface area contributed by atoms with E-state index in [1.807, 2.05) is 24.4 Å². The SMILES string of the molecule is CCC(C)NCC(=O)N[C@H](C)c1cccs1. The zero-order valence-corrected chi connectivity index (χ0v) is 10.9. The van der Waals surface area contributed by atoms with Crippen molar-refractivity contribution in [2.75, 3.05) is 6.54 Å². The number of carbonyl (C=O) groups is 1. The molecule has 2 N–H and O–H groups in total. The van der Waals surface area contributed by atoms with Crippen molar-refractivity contribution in [1.29, 1.82) is 0 Å². The molecule has 0 aliphatic rings. The third kappa shape index (κ3) is 4.33. The quantitative estimate of drug-likeness (QED) is 0.801. The molecule has 0 fully saturated rings. The van der Waals surface area contributed by atoms with Gasteiger partial charge in [0.15, 0.2) is 0 Å². The predicted octanol–water partition coefficient (Wildman–Crippen LogP) is 2.31. The lowest BCUT2D eigenvalue weighted by Gasteiger charge is -2.14. The Hall–Kier alpha value is -0.870. The average Bonchev–Trinajstić information content (AvgIpc) is 2.79. The van der Waals surface area contributed by atoms with E-state index in [0.717, 1.165) is 6.42 Å². The van der Waals surface area contributed by atoms with Gasteiger partial charge >= 0.3 is 0 Å². The van der Waals surface area contributed by atoms with Crippen LogP contribution in [0.3, 0.4) is 0 Å². The summed E-state index contributed by atoms with van der Waals surface area (Å²) in [6.45, 7) is 6.58. The van der Waals surface area contributed by atoms with E-state index < -0.39 is 0 Å². The van der Waals surface area contributed by atoms with Crippen molar-refractivity contribution in [2.45, 2.75) is 39.3 Å². The van der Waals surface area contributed by atoms with Crippen molar-refractivity contribution in [3.8, 4) is 0 Å². The van der Waals surface area contributed by atoms with Crippen LogP contribution in [0.2, 0.25) is 0 Å². The normalized spacial score (nSPS) is 14.4. The molecule has 1 aromatic rings. The Morgan fingerprint density at radius 1 is 1.50 bits per heavy atom. The highest BCUT2D eigenvalue weighted by Crippen LogP contribution is 2.17. The van der Waals surface area contributed by atoms with Crippen LogP contribution in [0.5, 0.6) is 0 Å². The Balaban J connectivity index is 2.29. The number of hydrogen-bond donors (Lipinski definition) is 2. The summed E-state index contributed by atoms with van der Waals surface area (Å²) < 4.78 is 0. The van der Waals surface area contributed by atoms with Gasteiger partial charge in [-0.2, -0.15) is 0 Å². The second-order valence-electron chi connectivity index (χ2n) is 3.99. The molecule has 0 aliphatic heterocycles. The molecular weight excluding hydrogens is 220 g/mol. The van der Waals surface area contributed by atoms with E-state index in [-0.39, 0.29) is 11.9 Å². The van der Waals surface area contributed by atoms with E-state index in [1.165, 1.54) is 4.88 Å². The van der Waals surface area contributed by atoms with Crippen molar-refractivity contribution in [3.63, 3.8) is 0 Å². The maximum absolute atomic E-state index is 11.6. The fourth-order valence-corrected chi connectivity index (χ4v) is 2.05. The second-order valence-corrected chi connectivity index (χ2v) is 4.97. The molecule has 2 atom stereocenters. The molecule has 1 heterocycles. The second kappa shape index (κ2) is 6.66. The number of rotatable bonds is 6. The number of amides is 1. The predicted molar refractivity (Wildman–Crippen MR) is 68.6 cm³/mol. The highest BCUT2D eigenvalue weighted by atomic mass is 32.1. The number of thiophene rings is 1. The Morgan fingerprint density at radius 2 is 2.25 bits per heavy atom. The van der Waals surface area contributed by atoms with E-state index in [2.05, 4.69) is 24.5 Å². The molecule has 1 rings (SSSR count). The van der Waals surface area contributed by atoms with Crippen molar-refractivity contribution >= 4 is 17.2 Å². The van der Waals surface area contributed by atoms with Gasteiger partial charge in [0, 0.05) is 10.9 Å². The highest BCUT2D eigenvalue weighted by molar-refractivity contribution is 7.10. The van der Waals surface area contributed by atoms with Crippen LogP contribution < -0.4 is 10.6 Å². The third-order valence-electron chi connectivity index (χ3n) is 2.57. The first-order chi connectivity index (χ1) is 7.63. The summed E-state index contributed by atoms with van der Waals surface area (Å²) in [7, 11) is 0. The van der Waals surface area contributed by atoms with Crippen LogP contribution in [-0.2, 0) is 4.79 Å². The van der Waals surface area contributed by atoms with Crippen LogP contribution >= 0.6 is 11.3 Å². The zero-order chi connectivity index (χ0) is 12.0. The van der Waals surface area contributed by atoms with Gasteiger partial charge < -0.3 is 10.6 Å². The first-order valence-corrected chi connectivity index (χ1v) is 6.57. The van der Waals surface area contributed by atoms with Gasteiger partial charge in [0.05, 0.1) is 12.6 Å².